The van der Waals surface area contributed by atoms with Gasteiger partial charge in [0, 0.05) is 0 Å². The highest BCUT2D eigenvalue weighted by Gasteiger charge is 2.52. The van der Waals surface area contributed by atoms with Gasteiger partial charge in [0.15, 0.2) is 46.5 Å². The normalized spacial score (nSPS) is 13.5. The van der Waals surface area contributed by atoms with Gasteiger partial charge in [-0.2, -0.15) is 26.3 Å². The van der Waals surface area contributed by atoms with Crippen molar-refractivity contribution in [1.29, 1.82) is 0 Å². The van der Waals surface area contributed by atoms with Gasteiger partial charge in [-0.15, -0.1) is 0 Å². The van der Waals surface area contributed by atoms with E-state index in [1.165, 1.54) is 0 Å². The molecular formula is C16F16. The molecule has 0 fully saturated rings. The largest absolute Gasteiger partial charge is 0.417 e. The molecule has 0 aliphatic heterocycles. The Hall–Kier alpha value is -2.94. The van der Waals surface area contributed by atoms with Crippen LogP contribution in [-0.4, -0.2) is 12.4 Å². The first kappa shape index (κ1) is 25.3. The number of hydrogen-bond acceptors (Lipinski definition) is 0. The number of allylic oxidation sites excluding steroid dienone is 2. The SMILES string of the molecule is Fc1c(F)c(F)c(/C(=C(/c2c(F)c(F)c(F)c(F)c2F)C(F)(F)F)C(F)(F)F)c(F)c1F. The average molecular weight is 496 g/mol. The molecule has 176 valence electrons. The van der Waals surface area contributed by atoms with E-state index in [1.54, 1.807) is 0 Å². The summed E-state index contributed by atoms with van der Waals surface area (Å²) < 4.78 is 215. The van der Waals surface area contributed by atoms with Gasteiger partial charge in [-0.1, -0.05) is 0 Å². The summed E-state index contributed by atoms with van der Waals surface area (Å²) >= 11 is 0. The van der Waals surface area contributed by atoms with Gasteiger partial charge in [0.2, 0.25) is 11.6 Å². The van der Waals surface area contributed by atoms with E-state index in [4.69, 9.17) is 0 Å². The van der Waals surface area contributed by atoms with Crippen molar-refractivity contribution >= 4 is 11.1 Å². The minimum Gasteiger partial charge on any atom is -0.203 e. The van der Waals surface area contributed by atoms with E-state index >= 15 is 0 Å². The third kappa shape index (κ3) is 3.85. The van der Waals surface area contributed by atoms with Crippen molar-refractivity contribution in [2.24, 2.45) is 0 Å². The van der Waals surface area contributed by atoms with Gasteiger partial charge >= 0.3 is 12.4 Å². The van der Waals surface area contributed by atoms with E-state index in [-0.39, 0.29) is 0 Å². The second-order valence-electron chi connectivity index (χ2n) is 5.64. The van der Waals surface area contributed by atoms with Crippen molar-refractivity contribution in [1.82, 2.24) is 0 Å². The minimum atomic E-state index is -6.82. The fourth-order valence-corrected chi connectivity index (χ4v) is 2.47. The molecule has 2 aromatic carbocycles. The van der Waals surface area contributed by atoms with Crippen LogP contribution < -0.4 is 0 Å². The molecule has 32 heavy (non-hydrogen) atoms. The molecule has 0 amide bonds. The number of hydrogen-bond donors (Lipinski definition) is 0. The van der Waals surface area contributed by atoms with E-state index in [0.717, 1.165) is 0 Å². The Labute approximate surface area is 164 Å². The van der Waals surface area contributed by atoms with Crippen LogP contribution in [0.4, 0.5) is 70.2 Å². The second kappa shape index (κ2) is 7.88. The van der Waals surface area contributed by atoms with Crippen LogP contribution in [0.25, 0.3) is 11.1 Å². The Morgan fingerprint density at radius 2 is 0.469 bits per heavy atom. The third-order valence-electron chi connectivity index (χ3n) is 3.74. The lowest BCUT2D eigenvalue weighted by Gasteiger charge is -2.22. The van der Waals surface area contributed by atoms with E-state index in [9.17, 15) is 70.2 Å². The van der Waals surface area contributed by atoms with Crippen molar-refractivity contribution in [3.8, 4) is 0 Å². The Bertz CT molecular complexity index is 987. The summed E-state index contributed by atoms with van der Waals surface area (Å²) in [7, 11) is 0. The van der Waals surface area contributed by atoms with Gasteiger partial charge in [0.25, 0.3) is 0 Å². The van der Waals surface area contributed by atoms with Gasteiger partial charge in [-0.25, -0.2) is 43.9 Å². The van der Waals surface area contributed by atoms with Crippen molar-refractivity contribution in [2.75, 3.05) is 0 Å². The molecule has 0 heterocycles. The molecule has 0 aliphatic rings. The third-order valence-corrected chi connectivity index (χ3v) is 3.74. The van der Waals surface area contributed by atoms with Crippen LogP contribution in [-0.2, 0) is 0 Å². The highest BCUT2D eigenvalue weighted by molar-refractivity contribution is 5.96. The van der Waals surface area contributed by atoms with Gasteiger partial charge < -0.3 is 0 Å². The fourth-order valence-electron chi connectivity index (χ4n) is 2.47. The summed E-state index contributed by atoms with van der Waals surface area (Å²) in [5, 5.41) is 0. The first-order valence-corrected chi connectivity index (χ1v) is 7.27. The topological polar surface area (TPSA) is 0 Å². The molecule has 0 saturated carbocycles. The molecule has 0 bridgehead atoms. The number of halogens is 16. The molecule has 16 heteroatoms. The van der Waals surface area contributed by atoms with Crippen molar-refractivity contribution in [2.45, 2.75) is 12.4 Å². The van der Waals surface area contributed by atoms with Crippen molar-refractivity contribution < 1.29 is 70.2 Å². The van der Waals surface area contributed by atoms with Crippen LogP contribution in [0.2, 0.25) is 0 Å². The van der Waals surface area contributed by atoms with Gasteiger partial charge in [0.05, 0.1) is 22.3 Å². The summed E-state index contributed by atoms with van der Waals surface area (Å²) in [4.78, 5) is 0. The van der Waals surface area contributed by atoms with Crippen molar-refractivity contribution in [3.05, 3.63) is 69.3 Å². The molecule has 0 unspecified atom stereocenters. The number of rotatable bonds is 2. The smallest absolute Gasteiger partial charge is 0.203 e. The predicted molar refractivity (Wildman–Crippen MR) is 71.4 cm³/mol. The van der Waals surface area contributed by atoms with Crippen LogP contribution >= 0.6 is 0 Å². The molecule has 0 atom stereocenters. The summed E-state index contributed by atoms with van der Waals surface area (Å²) in [6.45, 7) is 0. The molecule has 2 aromatic rings. The Morgan fingerprint density at radius 3 is 0.625 bits per heavy atom. The zero-order valence-corrected chi connectivity index (χ0v) is 14.0. The van der Waals surface area contributed by atoms with Crippen LogP contribution in [0.3, 0.4) is 0 Å². The monoisotopic (exact) mass is 496 g/mol. The quantitative estimate of drug-likeness (QED) is 0.180. The highest BCUT2D eigenvalue weighted by atomic mass is 19.4. The maximum absolute atomic E-state index is 13.9. The maximum Gasteiger partial charge on any atom is 0.417 e. The molecule has 0 aromatic heterocycles. The summed E-state index contributed by atoms with van der Waals surface area (Å²) in [5.41, 5.74) is -14.6. The zero-order chi connectivity index (χ0) is 25.1. The lowest BCUT2D eigenvalue weighted by atomic mass is 9.91. The van der Waals surface area contributed by atoms with E-state index < -0.39 is 92.8 Å². The molecule has 0 N–H and O–H groups in total. The van der Waals surface area contributed by atoms with E-state index in [0.29, 0.717) is 0 Å². The Kier molecular flexibility index (Phi) is 6.24. The zero-order valence-electron chi connectivity index (χ0n) is 14.0. The van der Waals surface area contributed by atoms with Gasteiger partial charge in [-0.3, -0.25) is 0 Å². The van der Waals surface area contributed by atoms with Crippen molar-refractivity contribution in [3.63, 3.8) is 0 Å². The molecule has 0 aliphatic carbocycles. The van der Waals surface area contributed by atoms with E-state index in [1.807, 2.05) is 0 Å². The molecule has 0 saturated heterocycles. The highest BCUT2D eigenvalue weighted by Crippen LogP contribution is 2.50. The van der Waals surface area contributed by atoms with Crippen LogP contribution in [0.5, 0.6) is 0 Å². The standard InChI is InChI=1S/C16F16/c17-5-1(6(18)10(22)13(25)9(5)21)3(15(27,28)29)4(16(30,31)32)2-7(19)11(23)14(26)12(24)8(2)20/b4-3+. The van der Waals surface area contributed by atoms with Gasteiger partial charge in [0.1, 0.15) is 0 Å². The molecule has 0 radical (unpaired) electrons. The van der Waals surface area contributed by atoms with Gasteiger partial charge in [-0.05, 0) is 0 Å². The molecule has 0 nitrogen and oxygen atoms in total. The Morgan fingerprint density at radius 1 is 0.312 bits per heavy atom. The average Bonchev–Trinajstić information content (AvgIpc) is 2.67. The van der Waals surface area contributed by atoms with Crippen LogP contribution in [0, 0.1) is 58.2 Å². The fraction of sp³-hybridized carbons (Fsp3) is 0.125. The lowest BCUT2D eigenvalue weighted by Crippen LogP contribution is -2.25. The minimum absolute atomic E-state index is 3.12. The molecule has 0 spiro atoms. The van der Waals surface area contributed by atoms with Crippen LogP contribution in [0.1, 0.15) is 11.1 Å². The maximum atomic E-state index is 13.9. The predicted octanol–water partition coefficient (Wildman–Crippen LogP) is 7.11. The first-order chi connectivity index (χ1) is 14.4. The summed E-state index contributed by atoms with van der Waals surface area (Å²) in [6.07, 6.45) is -13.6. The summed E-state index contributed by atoms with van der Waals surface area (Å²) in [6, 6.07) is 0. The molecule has 2 rings (SSSR count). The second-order valence-corrected chi connectivity index (χ2v) is 5.64. The number of alkyl halides is 6. The summed E-state index contributed by atoms with van der Waals surface area (Å²) in [5.74, 6) is -33.1. The van der Waals surface area contributed by atoms with Crippen LogP contribution in [0.15, 0.2) is 0 Å². The Balaban J connectivity index is 3.34. The lowest BCUT2D eigenvalue weighted by molar-refractivity contribution is -0.0834. The first-order valence-electron chi connectivity index (χ1n) is 7.27. The number of benzene rings is 2. The molecular weight excluding hydrogens is 496 g/mol. The van der Waals surface area contributed by atoms with E-state index in [2.05, 4.69) is 0 Å².